The minimum atomic E-state index is -0.757. The van der Waals surface area contributed by atoms with Crippen LogP contribution in [0.2, 0.25) is 0 Å². The SMILES string of the molecule is C=CC(=O)OCCN(CCOC(=O)CC)CCC(O)C(=C)C.C=CC(=O)OCCN(CCOC(C)=O)CCC(=O)OC(C)(C)CC(C)O. The molecule has 0 fully saturated rings. The minimum Gasteiger partial charge on any atom is -0.465 e. The van der Waals surface area contributed by atoms with Gasteiger partial charge in [-0.2, -0.15) is 0 Å². The molecule has 0 amide bonds. The summed E-state index contributed by atoms with van der Waals surface area (Å²) in [6.07, 6.45) is 2.36. The molecule has 0 aliphatic carbocycles. The monoisotopic (exact) mass is 686 g/mol. The number of hydrogen-bond acceptors (Lipinski definition) is 14. The first-order chi connectivity index (χ1) is 22.5. The number of carbonyl (C=O) groups excluding carboxylic acids is 5. The van der Waals surface area contributed by atoms with Gasteiger partial charge in [-0.25, -0.2) is 9.59 Å². The number of rotatable bonds is 25. The van der Waals surface area contributed by atoms with Crippen LogP contribution in [-0.4, -0.2) is 133 Å². The summed E-state index contributed by atoms with van der Waals surface area (Å²) < 4.78 is 25.2. The number of nitrogens with zero attached hydrogens (tertiary/aromatic N) is 2. The average molecular weight is 687 g/mol. The van der Waals surface area contributed by atoms with E-state index >= 15 is 0 Å². The number of carbonyl (C=O) groups is 5. The van der Waals surface area contributed by atoms with Gasteiger partial charge in [0.05, 0.1) is 18.6 Å². The van der Waals surface area contributed by atoms with Gasteiger partial charge in [-0.1, -0.05) is 32.2 Å². The molecule has 14 nitrogen and oxygen atoms in total. The molecule has 0 saturated heterocycles. The molecule has 0 aromatic rings. The molecule has 14 heteroatoms. The molecule has 0 rings (SSSR count). The average Bonchev–Trinajstić information content (AvgIpc) is 3.00. The lowest BCUT2D eigenvalue weighted by Crippen LogP contribution is -2.36. The van der Waals surface area contributed by atoms with Gasteiger partial charge in [-0.05, 0) is 34.1 Å². The van der Waals surface area contributed by atoms with Crippen molar-refractivity contribution in [1.29, 1.82) is 0 Å². The molecule has 0 radical (unpaired) electrons. The van der Waals surface area contributed by atoms with Crippen molar-refractivity contribution in [2.24, 2.45) is 0 Å². The zero-order valence-electron chi connectivity index (χ0n) is 29.7. The molecule has 0 spiro atoms. The van der Waals surface area contributed by atoms with Crippen molar-refractivity contribution in [2.45, 2.75) is 85.0 Å². The molecular weight excluding hydrogens is 628 g/mol. The molecule has 2 atom stereocenters. The van der Waals surface area contributed by atoms with Crippen LogP contribution >= 0.6 is 0 Å². The lowest BCUT2D eigenvalue weighted by molar-refractivity contribution is -0.159. The van der Waals surface area contributed by atoms with Crippen molar-refractivity contribution >= 4 is 29.8 Å². The van der Waals surface area contributed by atoms with E-state index in [1.54, 1.807) is 34.6 Å². The Kier molecular flexibility index (Phi) is 26.5. The highest BCUT2D eigenvalue weighted by atomic mass is 16.6. The lowest BCUT2D eigenvalue weighted by atomic mass is 10.0. The van der Waals surface area contributed by atoms with Crippen molar-refractivity contribution in [3.8, 4) is 0 Å². The molecule has 0 aromatic heterocycles. The number of aliphatic hydroxyl groups excluding tert-OH is 2. The standard InChI is InChI=1S/C18H31NO7.C16H27NO5/c1-6-16(22)25-12-10-19(9-11-24-15(3)21)8-7-17(23)26-18(4,5)13-14(2)20;1-5-15(19)21-11-9-17(8-7-14(18)13(3)4)10-12-22-16(20)6-2/h6,14,20H,1,7-13H2,2-5H3;5,14,18H,1,3,6-12H2,2,4H3. The predicted molar refractivity (Wildman–Crippen MR) is 180 cm³/mol. The second kappa shape index (κ2) is 27.4. The van der Waals surface area contributed by atoms with Gasteiger partial charge in [-0.3, -0.25) is 24.2 Å². The number of hydrogen-bond donors (Lipinski definition) is 2. The van der Waals surface area contributed by atoms with Gasteiger partial charge in [0.15, 0.2) is 0 Å². The van der Waals surface area contributed by atoms with Gasteiger partial charge in [-0.15, -0.1) is 0 Å². The van der Waals surface area contributed by atoms with Crippen molar-refractivity contribution in [3.63, 3.8) is 0 Å². The van der Waals surface area contributed by atoms with E-state index in [2.05, 4.69) is 19.7 Å². The smallest absolute Gasteiger partial charge is 0.330 e. The summed E-state index contributed by atoms with van der Waals surface area (Å²) in [7, 11) is 0. The zero-order chi connectivity index (χ0) is 37.1. The molecule has 0 aromatic carbocycles. The lowest BCUT2D eigenvalue weighted by Gasteiger charge is -2.27. The highest BCUT2D eigenvalue weighted by molar-refractivity contribution is 5.81. The third kappa shape index (κ3) is 28.6. The Morgan fingerprint density at radius 2 is 1.21 bits per heavy atom. The Bertz CT molecular complexity index is 1010. The third-order valence-corrected chi connectivity index (χ3v) is 6.41. The number of ether oxygens (including phenoxy) is 5. The summed E-state index contributed by atoms with van der Waals surface area (Å²) >= 11 is 0. The van der Waals surface area contributed by atoms with E-state index in [0.717, 1.165) is 12.2 Å². The molecule has 0 bridgehead atoms. The van der Waals surface area contributed by atoms with E-state index in [-0.39, 0.29) is 44.8 Å². The van der Waals surface area contributed by atoms with Crippen LogP contribution in [0.25, 0.3) is 0 Å². The highest BCUT2D eigenvalue weighted by Gasteiger charge is 2.25. The maximum absolute atomic E-state index is 12.0. The predicted octanol–water partition coefficient (Wildman–Crippen LogP) is 2.36. The van der Waals surface area contributed by atoms with Gasteiger partial charge >= 0.3 is 29.8 Å². The Morgan fingerprint density at radius 3 is 1.62 bits per heavy atom. The molecule has 276 valence electrons. The van der Waals surface area contributed by atoms with Gasteiger partial charge < -0.3 is 33.9 Å². The Balaban J connectivity index is 0. The van der Waals surface area contributed by atoms with Crippen LogP contribution in [0, 0.1) is 0 Å². The van der Waals surface area contributed by atoms with E-state index in [1.807, 2.05) is 9.80 Å². The summed E-state index contributed by atoms with van der Waals surface area (Å²) in [4.78, 5) is 59.9. The Labute approximate surface area is 285 Å². The number of esters is 5. The molecule has 0 aliphatic rings. The zero-order valence-corrected chi connectivity index (χ0v) is 29.7. The summed E-state index contributed by atoms with van der Waals surface area (Å²) in [5, 5.41) is 19.2. The fraction of sp³-hybridized carbons (Fsp3) is 0.676. The van der Waals surface area contributed by atoms with Crippen LogP contribution in [-0.2, 0) is 47.7 Å². The first kappa shape index (κ1) is 46.5. The minimum absolute atomic E-state index is 0.124. The maximum atomic E-state index is 12.0. The maximum Gasteiger partial charge on any atom is 0.330 e. The molecule has 2 N–H and O–H groups in total. The fourth-order valence-corrected chi connectivity index (χ4v) is 3.96. The second-order valence-electron chi connectivity index (χ2n) is 11.5. The number of aliphatic hydroxyl groups is 2. The molecule has 0 saturated carbocycles. The third-order valence-electron chi connectivity index (χ3n) is 6.41. The second-order valence-corrected chi connectivity index (χ2v) is 11.5. The van der Waals surface area contributed by atoms with Gasteiger partial charge in [0.2, 0.25) is 0 Å². The highest BCUT2D eigenvalue weighted by Crippen LogP contribution is 2.17. The molecule has 0 aliphatic heterocycles. The quantitative estimate of drug-likeness (QED) is 0.0619. The van der Waals surface area contributed by atoms with Crippen LogP contribution in [0.1, 0.15) is 67.2 Å². The van der Waals surface area contributed by atoms with E-state index in [4.69, 9.17) is 23.7 Å². The van der Waals surface area contributed by atoms with Crippen molar-refractivity contribution in [3.05, 3.63) is 37.5 Å². The largest absolute Gasteiger partial charge is 0.465 e. The van der Waals surface area contributed by atoms with Crippen LogP contribution in [0.15, 0.2) is 37.5 Å². The Hall–Kier alpha value is -3.59. The summed E-state index contributed by atoms with van der Waals surface area (Å²) in [5.41, 5.74) is -0.0525. The topological polar surface area (TPSA) is 178 Å². The van der Waals surface area contributed by atoms with Gasteiger partial charge in [0.1, 0.15) is 32.0 Å². The Morgan fingerprint density at radius 1 is 0.750 bits per heavy atom. The van der Waals surface area contributed by atoms with E-state index < -0.39 is 35.7 Å². The van der Waals surface area contributed by atoms with Crippen LogP contribution in [0.3, 0.4) is 0 Å². The van der Waals surface area contributed by atoms with E-state index in [0.29, 0.717) is 64.1 Å². The van der Waals surface area contributed by atoms with Crippen molar-refractivity contribution in [2.75, 3.05) is 65.7 Å². The molecule has 2 unspecified atom stereocenters. The van der Waals surface area contributed by atoms with Crippen molar-refractivity contribution in [1.82, 2.24) is 9.80 Å². The first-order valence-electron chi connectivity index (χ1n) is 16.0. The van der Waals surface area contributed by atoms with Gasteiger partial charge in [0, 0.05) is 71.2 Å². The van der Waals surface area contributed by atoms with Crippen molar-refractivity contribution < 1.29 is 57.9 Å². The van der Waals surface area contributed by atoms with Crippen LogP contribution in [0.5, 0.6) is 0 Å². The molecule has 0 heterocycles. The normalized spacial score (nSPS) is 12.1. The summed E-state index contributed by atoms with van der Waals surface area (Å²) in [6, 6.07) is 0. The van der Waals surface area contributed by atoms with Crippen LogP contribution in [0.4, 0.5) is 0 Å². The van der Waals surface area contributed by atoms with E-state index in [1.165, 1.54) is 6.92 Å². The van der Waals surface area contributed by atoms with Gasteiger partial charge in [0.25, 0.3) is 0 Å². The van der Waals surface area contributed by atoms with E-state index in [9.17, 15) is 34.2 Å². The summed E-state index contributed by atoms with van der Waals surface area (Å²) in [5.74, 6) is -2.03. The molecular formula is C34H58N2O12. The first-order valence-corrected chi connectivity index (χ1v) is 16.0. The summed E-state index contributed by atoms with van der Waals surface area (Å²) in [6.45, 7) is 23.8. The molecule has 48 heavy (non-hydrogen) atoms. The fourth-order valence-electron chi connectivity index (χ4n) is 3.96. The van der Waals surface area contributed by atoms with Crippen LogP contribution < -0.4 is 0 Å².